The maximum Gasteiger partial charge on any atom is 0.325 e. The van der Waals surface area contributed by atoms with Gasteiger partial charge in [-0.2, -0.15) is 0 Å². The Kier molecular flexibility index (Phi) is 9.46. The van der Waals surface area contributed by atoms with Crippen molar-refractivity contribution in [2.45, 2.75) is 78.6 Å². The molecule has 0 aliphatic heterocycles. The summed E-state index contributed by atoms with van der Waals surface area (Å²) >= 11 is 0. The molecule has 0 aliphatic rings. The second-order valence-electron chi connectivity index (χ2n) is 5.34. The predicted octanol–water partition coefficient (Wildman–Crippen LogP) is 4.68. The Morgan fingerprint density at radius 3 is 2.06 bits per heavy atom. The normalized spacial score (nSPS) is 13.7. The molecule has 0 aromatic heterocycles. The molecule has 1 atom stereocenters. The third-order valence-electron chi connectivity index (χ3n) is 3.56. The largest absolute Gasteiger partial charge is 0.372 e. The molecule has 104 valence electrons. The second kappa shape index (κ2) is 10.00. The molecule has 0 heterocycles. The van der Waals surface area contributed by atoms with Crippen LogP contribution in [0.3, 0.4) is 0 Å². The standard InChI is InChI=1S/C16H28O2/c1-5-8-10-12-14-16(4,13-11-9-6-2)15(17)18-7-3/h3H,5-6,8-14H2,1-2,4H3. The van der Waals surface area contributed by atoms with Gasteiger partial charge in [0.25, 0.3) is 0 Å². The number of unbranched alkanes of at least 4 members (excludes halogenated alkanes) is 5. The average Bonchev–Trinajstić information content (AvgIpc) is 2.35. The van der Waals surface area contributed by atoms with Gasteiger partial charge in [0, 0.05) is 0 Å². The molecule has 2 nitrogen and oxygen atoms in total. The molecule has 1 unspecified atom stereocenters. The SMILES string of the molecule is C#COC(=O)C(C)(CCCCC)CCCCCC. The topological polar surface area (TPSA) is 26.3 Å². The highest BCUT2D eigenvalue weighted by Gasteiger charge is 2.33. The Hall–Kier alpha value is -0.970. The number of rotatable bonds is 10. The quantitative estimate of drug-likeness (QED) is 0.320. The zero-order valence-electron chi connectivity index (χ0n) is 12.3. The van der Waals surface area contributed by atoms with E-state index in [4.69, 9.17) is 11.2 Å². The van der Waals surface area contributed by atoms with Gasteiger partial charge >= 0.3 is 5.97 Å². The van der Waals surface area contributed by atoms with Crippen molar-refractivity contribution in [3.63, 3.8) is 0 Å². The van der Waals surface area contributed by atoms with Crippen LogP contribution < -0.4 is 0 Å². The van der Waals surface area contributed by atoms with Gasteiger partial charge in [0.15, 0.2) is 0 Å². The molecule has 0 aliphatic carbocycles. The highest BCUT2D eigenvalue weighted by molar-refractivity contribution is 5.77. The fourth-order valence-corrected chi connectivity index (χ4v) is 2.21. The molecular weight excluding hydrogens is 224 g/mol. The van der Waals surface area contributed by atoms with E-state index in [1.165, 1.54) is 19.3 Å². The van der Waals surface area contributed by atoms with E-state index in [2.05, 4.69) is 13.8 Å². The van der Waals surface area contributed by atoms with Gasteiger partial charge in [-0.1, -0.05) is 65.2 Å². The van der Waals surface area contributed by atoms with Gasteiger partial charge < -0.3 is 4.74 Å². The molecule has 0 saturated carbocycles. The molecule has 0 amide bonds. The molecule has 0 fully saturated rings. The van der Waals surface area contributed by atoms with Crippen molar-refractivity contribution in [2.24, 2.45) is 5.41 Å². The molecule has 0 radical (unpaired) electrons. The van der Waals surface area contributed by atoms with Gasteiger partial charge in [-0.15, -0.1) is 0 Å². The van der Waals surface area contributed by atoms with Crippen LogP contribution in [0.2, 0.25) is 0 Å². The molecule has 18 heavy (non-hydrogen) atoms. The van der Waals surface area contributed by atoms with Crippen molar-refractivity contribution in [1.82, 2.24) is 0 Å². The summed E-state index contributed by atoms with van der Waals surface area (Å²) in [7, 11) is 0. The maximum absolute atomic E-state index is 12.0. The summed E-state index contributed by atoms with van der Waals surface area (Å²) in [6.45, 7) is 6.35. The first-order valence-electron chi connectivity index (χ1n) is 7.27. The summed E-state index contributed by atoms with van der Waals surface area (Å²) in [6, 6.07) is 0. The Balaban J connectivity index is 4.30. The van der Waals surface area contributed by atoms with Crippen molar-refractivity contribution in [2.75, 3.05) is 0 Å². The highest BCUT2D eigenvalue weighted by Crippen LogP contribution is 2.32. The van der Waals surface area contributed by atoms with Crippen molar-refractivity contribution < 1.29 is 9.53 Å². The molecule has 0 N–H and O–H groups in total. The van der Waals surface area contributed by atoms with E-state index in [9.17, 15) is 4.79 Å². The fourth-order valence-electron chi connectivity index (χ4n) is 2.21. The summed E-state index contributed by atoms with van der Waals surface area (Å²) in [5.41, 5.74) is -0.394. The molecule has 2 heteroatoms. The lowest BCUT2D eigenvalue weighted by molar-refractivity contribution is -0.148. The summed E-state index contributed by atoms with van der Waals surface area (Å²) in [4.78, 5) is 12.0. The molecule has 0 aromatic carbocycles. The monoisotopic (exact) mass is 252 g/mol. The van der Waals surface area contributed by atoms with Crippen LogP contribution in [0.4, 0.5) is 0 Å². The highest BCUT2D eigenvalue weighted by atomic mass is 16.5. The van der Waals surface area contributed by atoms with Crippen molar-refractivity contribution in [3.8, 4) is 12.5 Å². The summed E-state index contributed by atoms with van der Waals surface area (Å²) in [6.07, 6.45) is 16.9. The zero-order valence-corrected chi connectivity index (χ0v) is 12.3. The van der Waals surface area contributed by atoms with Crippen LogP contribution in [-0.2, 0) is 9.53 Å². The Bertz CT molecular complexity index is 265. The average molecular weight is 252 g/mol. The maximum atomic E-state index is 12.0. The van der Waals surface area contributed by atoms with Gasteiger partial charge in [-0.05, 0) is 19.8 Å². The van der Waals surface area contributed by atoms with Crippen molar-refractivity contribution >= 4 is 5.97 Å². The Labute approximate surface area is 112 Å². The number of hydrogen-bond acceptors (Lipinski definition) is 2. The lowest BCUT2D eigenvalue weighted by Gasteiger charge is -2.26. The van der Waals surface area contributed by atoms with Crippen molar-refractivity contribution in [3.05, 3.63) is 0 Å². The van der Waals surface area contributed by atoms with E-state index in [-0.39, 0.29) is 5.97 Å². The minimum Gasteiger partial charge on any atom is -0.372 e. The molecule has 0 saturated heterocycles. The zero-order chi connectivity index (χ0) is 13.9. The number of hydrogen-bond donors (Lipinski definition) is 0. The fraction of sp³-hybridized carbons (Fsp3) is 0.812. The summed E-state index contributed by atoms with van der Waals surface area (Å²) < 4.78 is 4.78. The first-order valence-corrected chi connectivity index (χ1v) is 7.27. The molecule has 0 aromatic rings. The van der Waals surface area contributed by atoms with E-state index in [0.29, 0.717) is 0 Å². The first-order chi connectivity index (χ1) is 8.60. The van der Waals surface area contributed by atoms with Crippen LogP contribution in [0.15, 0.2) is 0 Å². The molecule has 0 bridgehead atoms. The van der Waals surface area contributed by atoms with Gasteiger partial charge in [0.1, 0.15) is 6.11 Å². The number of ether oxygens (including phenoxy) is 1. The summed E-state index contributed by atoms with van der Waals surface area (Å²) in [5, 5.41) is 0. The minimum absolute atomic E-state index is 0.224. The summed E-state index contributed by atoms with van der Waals surface area (Å²) in [5.74, 6) is -0.224. The smallest absolute Gasteiger partial charge is 0.325 e. The third-order valence-corrected chi connectivity index (χ3v) is 3.56. The van der Waals surface area contributed by atoms with Crippen LogP contribution in [0, 0.1) is 17.9 Å². The van der Waals surface area contributed by atoms with Crippen molar-refractivity contribution in [1.29, 1.82) is 0 Å². The van der Waals surface area contributed by atoms with E-state index in [0.717, 1.165) is 38.5 Å². The van der Waals surface area contributed by atoms with Crippen LogP contribution in [0.25, 0.3) is 0 Å². The Morgan fingerprint density at radius 2 is 1.56 bits per heavy atom. The lowest BCUT2D eigenvalue weighted by Crippen LogP contribution is -2.29. The third kappa shape index (κ3) is 6.69. The number of carbonyl (C=O) groups is 1. The molecule has 0 rings (SSSR count). The lowest BCUT2D eigenvalue weighted by atomic mass is 9.80. The van der Waals surface area contributed by atoms with E-state index in [1.54, 1.807) is 0 Å². The van der Waals surface area contributed by atoms with Crippen LogP contribution in [0.5, 0.6) is 0 Å². The van der Waals surface area contributed by atoms with Gasteiger partial charge in [0.05, 0.1) is 5.41 Å². The Morgan fingerprint density at radius 1 is 1.06 bits per heavy atom. The van der Waals surface area contributed by atoms with Gasteiger partial charge in [0.2, 0.25) is 0 Å². The van der Waals surface area contributed by atoms with Gasteiger partial charge in [-0.3, -0.25) is 4.79 Å². The van der Waals surface area contributed by atoms with Gasteiger partial charge in [-0.25, -0.2) is 0 Å². The van der Waals surface area contributed by atoms with Crippen LogP contribution >= 0.6 is 0 Å². The number of esters is 1. The van der Waals surface area contributed by atoms with Crippen LogP contribution in [-0.4, -0.2) is 5.97 Å². The van der Waals surface area contributed by atoms with E-state index >= 15 is 0 Å². The second-order valence-corrected chi connectivity index (χ2v) is 5.34. The predicted molar refractivity (Wildman–Crippen MR) is 75.9 cm³/mol. The van der Waals surface area contributed by atoms with E-state index < -0.39 is 5.41 Å². The van der Waals surface area contributed by atoms with E-state index in [1.807, 2.05) is 13.0 Å². The number of terminal acetylenes is 1. The van der Waals surface area contributed by atoms with Crippen LogP contribution in [0.1, 0.15) is 78.6 Å². The number of carbonyl (C=O) groups excluding carboxylic acids is 1. The molecular formula is C16H28O2. The minimum atomic E-state index is -0.394. The molecule has 0 spiro atoms. The first kappa shape index (κ1) is 17.0.